The molecule has 0 atom stereocenters. The molecule has 2 N–H and O–H groups in total. The monoisotopic (exact) mass is 502 g/mol. The van der Waals surface area contributed by atoms with Crippen LogP contribution < -0.4 is 15.4 Å². The number of alkyl halides is 6. The zero-order valence-electron chi connectivity index (χ0n) is 18.2. The predicted molar refractivity (Wildman–Crippen MR) is 119 cm³/mol. The molecule has 3 rings (SSSR count). The molecule has 1 heterocycles. The second-order valence-electron chi connectivity index (χ2n) is 8.11. The standard InChI is InChI=1S/C22H20F6N4OS/c1-20(2,3)32-19-30-17(13-6-4-8-15(10-13)33-21(23,24)25)12-18(31-19)29-14-7-5-9-16(11-14)34-22(26,27)28/h4-12H,1-3H3,(H2,29,30,31,32). The van der Waals surface area contributed by atoms with Crippen molar-refractivity contribution in [1.29, 1.82) is 0 Å². The largest absolute Gasteiger partial charge is 0.573 e. The number of thioether (sulfide) groups is 1. The summed E-state index contributed by atoms with van der Waals surface area (Å²) in [4.78, 5) is 8.72. The van der Waals surface area contributed by atoms with Crippen molar-refractivity contribution in [2.75, 3.05) is 10.6 Å². The minimum Gasteiger partial charge on any atom is -0.406 e. The minimum atomic E-state index is -4.85. The minimum absolute atomic E-state index is 0.0168. The Hall–Kier alpha value is -3.15. The van der Waals surface area contributed by atoms with Crippen molar-refractivity contribution in [1.82, 2.24) is 9.97 Å². The number of nitrogens with zero attached hydrogens (tertiary/aromatic N) is 2. The molecule has 12 heteroatoms. The Morgan fingerprint density at radius 3 is 2.21 bits per heavy atom. The number of halogens is 6. The molecule has 0 spiro atoms. The molecule has 34 heavy (non-hydrogen) atoms. The quantitative estimate of drug-likeness (QED) is 0.267. The summed E-state index contributed by atoms with van der Waals surface area (Å²) in [5.41, 5.74) is -3.94. The molecular weight excluding hydrogens is 482 g/mol. The number of hydrogen-bond acceptors (Lipinski definition) is 6. The van der Waals surface area contributed by atoms with Crippen LogP contribution >= 0.6 is 11.8 Å². The lowest BCUT2D eigenvalue weighted by Crippen LogP contribution is -2.27. The fraction of sp³-hybridized carbons (Fsp3) is 0.273. The summed E-state index contributed by atoms with van der Waals surface area (Å²) in [5, 5.41) is 6.02. The van der Waals surface area contributed by atoms with Crippen LogP contribution in [0.5, 0.6) is 5.75 Å². The van der Waals surface area contributed by atoms with Gasteiger partial charge in [-0.15, -0.1) is 13.2 Å². The maximum Gasteiger partial charge on any atom is 0.573 e. The van der Waals surface area contributed by atoms with E-state index in [-0.39, 0.29) is 34.1 Å². The molecule has 3 aromatic rings. The van der Waals surface area contributed by atoms with Crippen molar-refractivity contribution < 1.29 is 31.1 Å². The number of nitrogens with one attached hydrogen (secondary N) is 2. The van der Waals surface area contributed by atoms with Crippen LogP contribution in [0.1, 0.15) is 20.8 Å². The zero-order valence-corrected chi connectivity index (χ0v) is 19.0. The van der Waals surface area contributed by atoms with E-state index in [1.165, 1.54) is 36.4 Å². The van der Waals surface area contributed by atoms with Crippen LogP contribution in [0.3, 0.4) is 0 Å². The molecule has 0 unspecified atom stereocenters. The van der Waals surface area contributed by atoms with Crippen LogP contribution in [0.4, 0.5) is 43.8 Å². The van der Waals surface area contributed by atoms with E-state index in [4.69, 9.17) is 0 Å². The zero-order chi connectivity index (χ0) is 25.1. The van der Waals surface area contributed by atoms with Crippen LogP contribution in [0.25, 0.3) is 11.3 Å². The van der Waals surface area contributed by atoms with Gasteiger partial charge < -0.3 is 15.4 Å². The van der Waals surface area contributed by atoms with Crippen molar-refractivity contribution in [2.24, 2.45) is 0 Å². The van der Waals surface area contributed by atoms with Gasteiger partial charge in [0.1, 0.15) is 11.6 Å². The van der Waals surface area contributed by atoms with Gasteiger partial charge in [-0.1, -0.05) is 18.2 Å². The van der Waals surface area contributed by atoms with Gasteiger partial charge in [-0.3, -0.25) is 0 Å². The number of rotatable bonds is 6. The lowest BCUT2D eigenvalue weighted by atomic mass is 10.1. The van der Waals surface area contributed by atoms with E-state index >= 15 is 0 Å². The summed E-state index contributed by atoms with van der Waals surface area (Å²) < 4.78 is 80.0. The summed E-state index contributed by atoms with van der Waals surface area (Å²) in [5.74, 6) is -0.0103. The molecule has 0 fully saturated rings. The first-order valence-corrected chi connectivity index (χ1v) is 10.6. The Kier molecular flexibility index (Phi) is 7.20. The Bertz CT molecular complexity index is 1150. The molecule has 0 aliphatic carbocycles. The molecule has 0 bridgehead atoms. The predicted octanol–water partition coefficient (Wildman–Crippen LogP) is 7.61. The van der Waals surface area contributed by atoms with Crippen molar-refractivity contribution >= 4 is 29.2 Å². The summed E-state index contributed by atoms with van der Waals surface area (Å²) >= 11 is -0.248. The van der Waals surface area contributed by atoms with Gasteiger partial charge >= 0.3 is 11.9 Å². The third-order valence-electron chi connectivity index (χ3n) is 3.92. The highest BCUT2D eigenvalue weighted by Crippen LogP contribution is 2.38. The molecule has 2 aromatic carbocycles. The molecule has 0 aliphatic heterocycles. The third-order valence-corrected chi connectivity index (χ3v) is 4.64. The lowest BCUT2D eigenvalue weighted by Gasteiger charge is -2.21. The highest BCUT2D eigenvalue weighted by atomic mass is 32.2. The highest BCUT2D eigenvalue weighted by Gasteiger charge is 2.31. The fourth-order valence-electron chi connectivity index (χ4n) is 2.82. The smallest absolute Gasteiger partial charge is 0.406 e. The summed E-state index contributed by atoms with van der Waals surface area (Å²) in [6, 6.07) is 12.4. The Morgan fingerprint density at radius 1 is 0.853 bits per heavy atom. The van der Waals surface area contributed by atoms with Crippen LogP contribution in [0, 0.1) is 0 Å². The van der Waals surface area contributed by atoms with Gasteiger partial charge in [0, 0.05) is 27.8 Å². The number of ether oxygens (including phenoxy) is 1. The summed E-state index contributed by atoms with van der Waals surface area (Å²) in [6.07, 6.45) is -4.85. The van der Waals surface area contributed by atoms with E-state index in [0.717, 1.165) is 6.07 Å². The third kappa shape index (κ3) is 8.32. The van der Waals surface area contributed by atoms with E-state index in [1.54, 1.807) is 12.1 Å². The van der Waals surface area contributed by atoms with E-state index < -0.39 is 23.2 Å². The molecule has 0 aliphatic rings. The Morgan fingerprint density at radius 2 is 1.56 bits per heavy atom. The SMILES string of the molecule is CC(C)(C)Nc1nc(Nc2cccc(SC(F)(F)F)c2)cc(-c2cccc(OC(F)(F)F)c2)n1. The van der Waals surface area contributed by atoms with E-state index in [0.29, 0.717) is 11.3 Å². The molecule has 0 amide bonds. The van der Waals surface area contributed by atoms with Gasteiger partial charge in [0.25, 0.3) is 0 Å². The van der Waals surface area contributed by atoms with Crippen LogP contribution in [-0.2, 0) is 0 Å². The number of aromatic nitrogens is 2. The highest BCUT2D eigenvalue weighted by molar-refractivity contribution is 8.00. The molecule has 5 nitrogen and oxygen atoms in total. The normalized spacial score (nSPS) is 12.4. The Balaban J connectivity index is 1.98. The van der Waals surface area contributed by atoms with Crippen LogP contribution in [0.15, 0.2) is 59.5 Å². The van der Waals surface area contributed by atoms with Crippen LogP contribution in [0.2, 0.25) is 0 Å². The van der Waals surface area contributed by atoms with Crippen molar-refractivity contribution in [2.45, 2.75) is 43.1 Å². The topological polar surface area (TPSA) is 59.1 Å². The number of anilines is 3. The van der Waals surface area contributed by atoms with Gasteiger partial charge in [0.05, 0.1) is 5.69 Å². The molecule has 0 radical (unpaired) electrons. The number of hydrogen-bond donors (Lipinski definition) is 2. The second-order valence-corrected chi connectivity index (χ2v) is 9.25. The summed E-state index contributed by atoms with van der Waals surface area (Å²) in [6.45, 7) is 5.60. The molecular formula is C22H20F6N4OS. The van der Waals surface area contributed by atoms with Crippen molar-refractivity contribution in [3.05, 3.63) is 54.6 Å². The molecule has 182 valence electrons. The molecule has 0 saturated carbocycles. The average molecular weight is 502 g/mol. The molecule has 0 saturated heterocycles. The number of benzene rings is 2. The second kappa shape index (κ2) is 9.61. The first kappa shape index (κ1) is 25.5. The first-order valence-electron chi connectivity index (χ1n) is 9.81. The van der Waals surface area contributed by atoms with Crippen LogP contribution in [-0.4, -0.2) is 27.4 Å². The van der Waals surface area contributed by atoms with Gasteiger partial charge in [0.15, 0.2) is 0 Å². The van der Waals surface area contributed by atoms with Gasteiger partial charge in [-0.05, 0) is 62.9 Å². The van der Waals surface area contributed by atoms with Gasteiger partial charge in [0.2, 0.25) is 5.95 Å². The van der Waals surface area contributed by atoms with Gasteiger partial charge in [-0.25, -0.2) is 4.98 Å². The maximum atomic E-state index is 12.7. The van der Waals surface area contributed by atoms with E-state index in [1.807, 2.05) is 20.8 Å². The van der Waals surface area contributed by atoms with Crippen molar-refractivity contribution in [3.8, 4) is 17.0 Å². The molecule has 1 aromatic heterocycles. The van der Waals surface area contributed by atoms with E-state index in [9.17, 15) is 26.3 Å². The van der Waals surface area contributed by atoms with Gasteiger partial charge in [-0.2, -0.15) is 18.2 Å². The lowest BCUT2D eigenvalue weighted by molar-refractivity contribution is -0.274. The Labute approximate surface area is 196 Å². The first-order chi connectivity index (χ1) is 15.7. The summed E-state index contributed by atoms with van der Waals surface area (Å²) in [7, 11) is 0. The average Bonchev–Trinajstić information content (AvgIpc) is 2.64. The maximum absolute atomic E-state index is 12.7. The van der Waals surface area contributed by atoms with E-state index in [2.05, 4.69) is 25.3 Å². The fourth-order valence-corrected chi connectivity index (χ4v) is 3.42. The van der Waals surface area contributed by atoms with Crippen molar-refractivity contribution in [3.63, 3.8) is 0 Å².